The van der Waals surface area contributed by atoms with E-state index in [-0.39, 0.29) is 0 Å². The van der Waals surface area contributed by atoms with E-state index in [4.69, 9.17) is 15.7 Å². The molecule has 1 aromatic heterocycles. The molecule has 0 aliphatic heterocycles. The highest BCUT2D eigenvalue weighted by Gasteiger charge is 2.11. The van der Waals surface area contributed by atoms with Gasteiger partial charge in [-0.05, 0) is 25.1 Å². The summed E-state index contributed by atoms with van der Waals surface area (Å²) in [5.74, 6) is 1.15. The van der Waals surface area contributed by atoms with Gasteiger partial charge >= 0.3 is 0 Å². The summed E-state index contributed by atoms with van der Waals surface area (Å²) in [6, 6.07) is 7.42. The van der Waals surface area contributed by atoms with Crippen molar-refractivity contribution in [3.05, 3.63) is 30.1 Å². The molecule has 5 heteroatoms. The second kappa shape index (κ2) is 4.80. The highest BCUT2D eigenvalue weighted by molar-refractivity contribution is 5.72. The second-order valence-corrected chi connectivity index (χ2v) is 3.79. The largest absolute Gasteiger partial charge is 0.495 e. The molecule has 1 heterocycles. The zero-order valence-electron chi connectivity index (χ0n) is 10.3. The van der Waals surface area contributed by atoms with Crippen molar-refractivity contribution in [2.45, 2.75) is 13.5 Å². The summed E-state index contributed by atoms with van der Waals surface area (Å²) in [4.78, 5) is 4.28. The minimum absolute atomic E-state index is 0.473. The number of hydrogen-bond acceptors (Lipinski definition) is 4. The molecule has 1 aromatic carbocycles. The molecular formula is C13H14N4O. The van der Waals surface area contributed by atoms with Gasteiger partial charge in [0, 0.05) is 12.1 Å². The first-order valence-corrected chi connectivity index (χ1v) is 5.60. The number of aryl methyl sites for hydroxylation is 1. The standard InChI is InChI=1S/C13H14N4O/c1-3-17-8-16-12(13(17)15)9-4-5-11(18-2)10(6-9)7-14/h4-6,8H,3,15H2,1-2H3. The number of anilines is 1. The summed E-state index contributed by atoms with van der Waals surface area (Å²) in [6.07, 6.45) is 1.70. The maximum atomic E-state index is 9.05. The summed E-state index contributed by atoms with van der Waals surface area (Å²) in [5, 5.41) is 9.05. The topological polar surface area (TPSA) is 76.9 Å². The number of hydrogen-bond donors (Lipinski definition) is 1. The first-order valence-electron chi connectivity index (χ1n) is 5.60. The quantitative estimate of drug-likeness (QED) is 0.893. The predicted molar refractivity (Wildman–Crippen MR) is 69.0 cm³/mol. The van der Waals surface area contributed by atoms with Gasteiger partial charge in [-0.3, -0.25) is 0 Å². The van der Waals surface area contributed by atoms with Crippen LogP contribution in [-0.4, -0.2) is 16.7 Å². The van der Waals surface area contributed by atoms with Crippen molar-refractivity contribution >= 4 is 5.82 Å². The lowest BCUT2D eigenvalue weighted by Gasteiger charge is -2.05. The van der Waals surface area contributed by atoms with Gasteiger partial charge < -0.3 is 15.0 Å². The van der Waals surface area contributed by atoms with Gasteiger partial charge in [-0.15, -0.1) is 0 Å². The van der Waals surface area contributed by atoms with E-state index in [0.29, 0.717) is 22.8 Å². The summed E-state index contributed by atoms with van der Waals surface area (Å²) in [6.45, 7) is 2.76. The molecule has 2 rings (SSSR count). The van der Waals surface area contributed by atoms with Crippen LogP contribution in [0.1, 0.15) is 12.5 Å². The van der Waals surface area contributed by atoms with E-state index in [1.165, 1.54) is 7.11 Å². The maximum Gasteiger partial charge on any atom is 0.136 e. The molecule has 0 radical (unpaired) electrons. The zero-order valence-corrected chi connectivity index (χ0v) is 10.3. The number of imidazole rings is 1. The molecule has 2 aromatic rings. The zero-order chi connectivity index (χ0) is 13.1. The first kappa shape index (κ1) is 12.0. The molecule has 0 unspecified atom stereocenters. The number of benzene rings is 1. The highest BCUT2D eigenvalue weighted by atomic mass is 16.5. The average molecular weight is 242 g/mol. The Bertz CT molecular complexity index is 610. The van der Waals surface area contributed by atoms with Crippen molar-refractivity contribution in [2.24, 2.45) is 0 Å². The molecule has 2 N–H and O–H groups in total. The summed E-state index contributed by atoms with van der Waals surface area (Å²) in [5.41, 5.74) is 7.97. The molecule has 0 aliphatic rings. The number of methoxy groups -OCH3 is 1. The number of nitriles is 1. The van der Waals surface area contributed by atoms with Crippen molar-refractivity contribution in [3.8, 4) is 23.1 Å². The van der Waals surface area contributed by atoms with Crippen LogP contribution in [0, 0.1) is 11.3 Å². The van der Waals surface area contributed by atoms with Crippen molar-refractivity contribution < 1.29 is 4.74 Å². The van der Waals surface area contributed by atoms with Gasteiger partial charge in [-0.1, -0.05) is 0 Å². The lowest BCUT2D eigenvalue weighted by atomic mass is 10.1. The van der Waals surface area contributed by atoms with E-state index in [9.17, 15) is 0 Å². The molecular weight excluding hydrogens is 228 g/mol. The molecule has 18 heavy (non-hydrogen) atoms. The van der Waals surface area contributed by atoms with E-state index in [2.05, 4.69) is 11.1 Å². The minimum Gasteiger partial charge on any atom is -0.495 e. The number of ether oxygens (including phenoxy) is 1. The molecule has 0 aliphatic carbocycles. The van der Waals surface area contributed by atoms with Crippen LogP contribution in [0.2, 0.25) is 0 Å². The Morgan fingerprint density at radius 3 is 2.83 bits per heavy atom. The Morgan fingerprint density at radius 2 is 2.28 bits per heavy atom. The number of rotatable bonds is 3. The first-order chi connectivity index (χ1) is 8.71. The van der Waals surface area contributed by atoms with Crippen LogP contribution in [0.5, 0.6) is 5.75 Å². The third-order valence-corrected chi connectivity index (χ3v) is 2.81. The SMILES string of the molecule is CCn1cnc(-c2ccc(OC)c(C#N)c2)c1N. The van der Waals surface area contributed by atoms with Crippen LogP contribution in [0.4, 0.5) is 5.82 Å². The van der Waals surface area contributed by atoms with E-state index in [1.54, 1.807) is 18.5 Å². The van der Waals surface area contributed by atoms with Crippen molar-refractivity contribution in [1.29, 1.82) is 5.26 Å². The summed E-state index contributed by atoms with van der Waals surface area (Å²) >= 11 is 0. The Labute approximate surface area is 105 Å². The van der Waals surface area contributed by atoms with Crippen molar-refractivity contribution in [1.82, 2.24) is 9.55 Å². The lowest BCUT2D eigenvalue weighted by molar-refractivity contribution is 0.413. The summed E-state index contributed by atoms with van der Waals surface area (Å²) in [7, 11) is 1.54. The molecule has 0 saturated heterocycles. The molecule has 0 bridgehead atoms. The van der Waals surface area contributed by atoms with Crippen LogP contribution in [0.15, 0.2) is 24.5 Å². The van der Waals surface area contributed by atoms with E-state index in [1.807, 2.05) is 17.6 Å². The number of nitrogens with two attached hydrogens (primary N) is 1. The molecule has 0 fully saturated rings. The van der Waals surface area contributed by atoms with Crippen molar-refractivity contribution in [3.63, 3.8) is 0 Å². The van der Waals surface area contributed by atoms with Crippen LogP contribution < -0.4 is 10.5 Å². The van der Waals surface area contributed by atoms with Gasteiger partial charge in [0.25, 0.3) is 0 Å². The van der Waals surface area contributed by atoms with Crippen molar-refractivity contribution in [2.75, 3.05) is 12.8 Å². The minimum atomic E-state index is 0.473. The average Bonchev–Trinajstić information content (AvgIpc) is 2.79. The van der Waals surface area contributed by atoms with Gasteiger partial charge in [0.05, 0.1) is 19.0 Å². The van der Waals surface area contributed by atoms with E-state index < -0.39 is 0 Å². The Morgan fingerprint density at radius 1 is 1.50 bits per heavy atom. The maximum absolute atomic E-state index is 9.05. The molecule has 0 spiro atoms. The Kier molecular flexibility index (Phi) is 3.20. The number of aromatic nitrogens is 2. The van der Waals surface area contributed by atoms with Gasteiger partial charge in [-0.2, -0.15) is 5.26 Å². The van der Waals surface area contributed by atoms with Crippen LogP contribution >= 0.6 is 0 Å². The molecule has 0 amide bonds. The molecule has 92 valence electrons. The van der Waals surface area contributed by atoms with Crippen LogP contribution in [0.3, 0.4) is 0 Å². The molecule has 0 atom stereocenters. The molecule has 0 saturated carbocycles. The van der Waals surface area contributed by atoms with Crippen LogP contribution in [0.25, 0.3) is 11.3 Å². The van der Waals surface area contributed by atoms with E-state index in [0.717, 1.165) is 12.1 Å². The monoisotopic (exact) mass is 242 g/mol. The molecule has 5 nitrogen and oxygen atoms in total. The lowest BCUT2D eigenvalue weighted by Crippen LogP contribution is -1.99. The Hall–Kier alpha value is -2.48. The fourth-order valence-electron chi connectivity index (χ4n) is 1.81. The third kappa shape index (κ3) is 1.89. The second-order valence-electron chi connectivity index (χ2n) is 3.79. The van der Waals surface area contributed by atoms with Gasteiger partial charge in [0.2, 0.25) is 0 Å². The fourth-order valence-corrected chi connectivity index (χ4v) is 1.81. The van der Waals surface area contributed by atoms with Gasteiger partial charge in [0.15, 0.2) is 0 Å². The third-order valence-electron chi connectivity index (χ3n) is 2.81. The predicted octanol–water partition coefficient (Wildman–Crippen LogP) is 2.03. The van der Waals surface area contributed by atoms with E-state index >= 15 is 0 Å². The summed E-state index contributed by atoms with van der Waals surface area (Å²) < 4.78 is 6.96. The fraction of sp³-hybridized carbons (Fsp3) is 0.231. The normalized spacial score (nSPS) is 10.1. The van der Waals surface area contributed by atoms with Gasteiger partial charge in [0.1, 0.15) is 23.3 Å². The number of nitrogen functional groups attached to an aromatic ring is 1. The Balaban J connectivity index is 2.52. The number of nitrogens with zero attached hydrogens (tertiary/aromatic N) is 3. The smallest absolute Gasteiger partial charge is 0.136 e. The van der Waals surface area contributed by atoms with Gasteiger partial charge in [-0.25, -0.2) is 4.98 Å². The highest BCUT2D eigenvalue weighted by Crippen LogP contribution is 2.28. The van der Waals surface area contributed by atoms with Crippen LogP contribution in [-0.2, 0) is 6.54 Å².